The molecule has 0 aliphatic rings. The molecule has 0 aromatic heterocycles. The Labute approximate surface area is 400 Å². The Hall–Kier alpha value is -3.46. The van der Waals surface area contributed by atoms with Crippen LogP contribution in [0.15, 0.2) is 0 Å². The maximum Gasteiger partial charge on any atom is 0.0911 e. The first-order chi connectivity index (χ1) is 30.2. The lowest BCUT2D eigenvalue weighted by atomic mass is 9.83. The van der Waals surface area contributed by atoms with Crippen molar-refractivity contribution in [1.82, 2.24) is 0 Å². The van der Waals surface area contributed by atoms with E-state index in [4.69, 9.17) is 77.1 Å². The highest BCUT2D eigenvalue weighted by molar-refractivity contribution is 5.78. The lowest BCUT2D eigenvalue weighted by Crippen LogP contribution is -2.35. The highest BCUT2D eigenvalue weighted by Crippen LogP contribution is 2.24. The molecular weight excluding hydrogens is 845 g/mol. The third kappa shape index (κ3) is 54.9. The van der Waals surface area contributed by atoms with Crippen molar-refractivity contribution in [3.8, 4) is 0 Å². The van der Waals surface area contributed by atoms with Gasteiger partial charge in [0.1, 0.15) is 0 Å². The van der Waals surface area contributed by atoms with E-state index in [9.17, 15) is 25.5 Å². The average Bonchev–Trinajstić information content (AvgIpc) is 3.20. The Morgan fingerprint density at radius 1 is 0.500 bits per heavy atom. The van der Waals surface area contributed by atoms with E-state index in [-0.39, 0.29) is 95.8 Å². The fraction of sp³-hybridized carbons (Fsp3) is 0.872. The predicted molar refractivity (Wildman–Crippen MR) is 276 cm³/mol. The van der Waals surface area contributed by atoms with Crippen LogP contribution in [0.5, 0.6) is 0 Å². The molecular formula is C47H106N12O7. The van der Waals surface area contributed by atoms with E-state index < -0.39 is 11.5 Å². The van der Waals surface area contributed by atoms with Gasteiger partial charge in [-0.2, -0.15) is 0 Å². The summed E-state index contributed by atoms with van der Waals surface area (Å²) < 4.78 is 0. The van der Waals surface area contributed by atoms with Crippen LogP contribution in [0.3, 0.4) is 0 Å². The molecule has 396 valence electrons. The quantitative estimate of drug-likeness (QED) is 0.0259. The molecule has 0 aromatic rings. The molecule has 0 amide bonds. The van der Waals surface area contributed by atoms with E-state index in [1.165, 1.54) is 0 Å². The number of aliphatic hydroxyl groups is 7. The monoisotopic (exact) mass is 951 g/mol. The van der Waals surface area contributed by atoms with Crippen LogP contribution in [0.25, 0.3) is 0 Å². The maximum atomic E-state index is 9.49. The Balaban J connectivity index is -0.000000164. The normalized spacial score (nSPS) is 15.3. The molecule has 25 N–H and O–H groups in total. The van der Waals surface area contributed by atoms with Crippen molar-refractivity contribution in [2.24, 2.45) is 69.4 Å². The summed E-state index contributed by atoms with van der Waals surface area (Å²) in [6.07, 6.45) is 9.47. The number of unbranched alkanes of at least 4 members (excludes halogenated alkanes) is 1. The lowest BCUT2D eigenvalue weighted by molar-refractivity contribution is 0.00714. The third-order valence-electron chi connectivity index (χ3n) is 10.7. The second-order valence-electron chi connectivity index (χ2n) is 18.9. The van der Waals surface area contributed by atoms with E-state index in [2.05, 4.69) is 0 Å². The first-order valence-electron chi connectivity index (χ1n) is 23.9. The average molecular weight is 951 g/mol. The van der Waals surface area contributed by atoms with E-state index in [0.717, 1.165) is 64.2 Å². The van der Waals surface area contributed by atoms with Crippen LogP contribution in [0.1, 0.15) is 186 Å². The van der Waals surface area contributed by atoms with Gasteiger partial charge in [0.15, 0.2) is 0 Å². The third-order valence-corrected chi connectivity index (χ3v) is 10.7. The first-order valence-corrected chi connectivity index (χ1v) is 23.9. The van der Waals surface area contributed by atoms with Crippen LogP contribution in [0.4, 0.5) is 0 Å². The van der Waals surface area contributed by atoms with Crippen LogP contribution in [-0.4, -0.2) is 114 Å². The minimum Gasteiger partial charge on any atom is -0.394 e. The lowest BCUT2D eigenvalue weighted by Gasteiger charge is -2.28. The highest BCUT2D eigenvalue weighted by Gasteiger charge is 2.27. The molecule has 0 aliphatic carbocycles. The first kappa shape index (κ1) is 74.1. The Morgan fingerprint density at radius 2 is 0.955 bits per heavy atom. The van der Waals surface area contributed by atoms with Gasteiger partial charge in [-0.1, -0.05) is 95.9 Å². The number of aliphatic hydroxyl groups excluding tert-OH is 7. The summed E-state index contributed by atoms with van der Waals surface area (Å²) in [6, 6.07) is 0. The van der Waals surface area contributed by atoms with Crippen molar-refractivity contribution in [2.45, 2.75) is 222 Å². The zero-order chi connectivity index (χ0) is 53.3. The maximum absolute atomic E-state index is 9.49. The Morgan fingerprint density at radius 3 is 1.30 bits per heavy atom. The Bertz CT molecular complexity index is 1250. The molecule has 0 bridgehead atoms. The molecule has 0 aromatic carbocycles. The summed E-state index contributed by atoms with van der Waals surface area (Å²) in [5, 5.41) is 106. The van der Waals surface area contributed by atoms with E-state index in [0.29, 0.717) is 44.4 Å². The zero-order valence-electron chi connectivity index (χ0n) is 43.5. The van der Waals surface area contributed by atoms with Crippen molar-refractivity contribution >= 4 is 35.0 Å². The molecule has 0 heterocycles. The molecule has 0 spiro atoms. The van der Waals surface area contributed by atoms with Crippen molar-refractivity contribution in [3.05, 3.63) is 0 Å². The van der Waals surface area contributed by atoms with E-state index in [1.54, 1.807) is 13.8 Å². The number of rotatable bonds is 29. The molecule has 0 saturated heterocycles. The summed E-state index contributed by atoms with van der Waals surface area (Å²) in [5.41, 5.74) is 30.6. The number of nitrogens with one attached hydrogen (secondary N) is 6. The SMILES string of the molecule is CC(C)(CC(=N)N)C(O)CO.CC(C)C(O)C(C)CC(=N)N.CCC(O)C(C)CCC(=N)N.CCC(O)CC(C)CC(=N)N.CCC(O)CCCCC(=N)N.CCCC(O)C(C)CC(=N)N. The van der Waals surface area contributed by atoms with Gasteiger partial charge < -0.3 is 70.1 Å². The zero-order valence-corrected chi connectivity index (χ0v) is 43.5. The van der Waals surface area contributed by atoms with Gasteiger partial charge in [0, 0.05) is 38.5 Å². The number of nitrogens with two attached hydrogens (primary N) is 6. The van der Waals surface area contributed by atoms with Gasteiger partial charge in [0.25, 0.3) is 0 Å². The fourth-order valence-corrected chi connectivity index (χ4v) is 6.01. The van der Waals surface area contributed by atoms with Gasteiger partial charge >= 0.3 is 0 Å². The summed E-state index contributed by atoms with van der Waals surface area (Å²) in [5.74, 6) is 2.03. The van der Waals surface area contributed by atoms with Gasteiger partial charge in [0.2, 0.25) is 0 Å². The fourth-order valence-electron chi connectivity index (χ4n) is 6.01. The molecule has 10 atom stereocenters. The molecule has 0 radical (unpaired) electrons. The van der Waals surface area contributed by atoms with E-state index >= 15 is 0 Å². The Kier molecular flexibility index (Phi) is 50.9. The van der Waals surface area contributed by atoms with E-state index in [1.807, 2.05) is 69.2 Å². The van der Waals surface area contributed by atoms with Crippen LogP contribution in [-0.2, 0) is 0 Å². The molecule has 0 rings (SSSR count). The van der Waals surface area contributed by atoms with Crippen LogP contribution in [0.2, 0.25) is 0 Å². The number of hydrogen-bond donors (Lipinski definition) is 19. The largest absolute Gasteiger partial charge is 0.394 e. The second-order valence-corrected chi connectivity index (χ2v) is 18.9. The van der Waals surface area contributed by atoms with Gasteiger partial charge in [-0.15, -0.1) is 0 Å². The number of amidine groups is 6. The van der Waals surface area contributed by atoms with Gasteiger partial charge in [-0.05, 0) is 86.4 Å². The van der Waals surface area contributed by atoms with Crippen LogP contribution in [0, 0.1) is 67.5 Å². The summed E-state index contributed by atoms with van der Waals surface area (Å²) in [7, 11) is 0. The molecule has 0 fully saturated rings. The summed E-state index contributed by atoms with van der Waals surface area (Å²) >= 11 is 0. The topological polar surface area (TPSA) is 441 Å². The minimum absolute atomic E-state index is 0.0301. The van der Waals surface area contributed by atoms with Gasteiger partial charge in [-0.25, -0.2) is 0 Å². The van der Waals surface area contributed by atoms with Crippen molar-refractivity contribution < 1.29 is 35.7 Å². The minimum atomic E-state index is -0.814. The van der Waals surface area contributed by atoms with Crippen LogP contribution < -0.4 is 34.4 Å². The van der Waals surface area contributed by atoms with Crippen molar-refractivity contribution in [1.29, 1.82) is 32.5 Å². The smallest absolute Gasteiger partial charge is 0.0911 e. The standard InChI is InChI=1S/5C8H18N2O.C7H16N2O2/c1-5(2)8(11)6(3)4-7(9)10;1-3-7(11)4-6(2)5-8(9)10;1-3-7(11)6(2)4-5-8(9)10;1-3-4-7(11)6(2)5-8(9)10;1-2-7(11)5-3-4-6-8(9)10;1-7(2,3-6(8)9)5(11)4-10/h5-6,8,11H,4H2,1-3H3,(H3,9,10);3*6-7,11H,3-5H2,1-2H3,(H3,9,10);7,11H,2-6H2,1H3,(H3,9,10);5,10-11H,3-4H2,1-2H3,(H3,8,9). The molecule has 19 nitrogen and oxygen atoms in total. The molecule has 19 heteroatoms. The van der Waals surface area contributed by atoms with Crippen molar-refractivity contribution in [2.75, 3.05) is 6.61 Å². The predicted octanol–water partition coefficient (Wildman–Crippen LogP) is 5.24. The molecule has 66 heavy (non-hydrogen) atoms. The second kappa shape index (κ2) is 45.3. The summed E-state index contributed by atoms with van der Waals surface area (Å²) in [6.45, 7) is 22.9. The summed E-state index contributed by atoms with van der Waals surface area (Å²) in [4.78, 5) is 0. The highest BCUT2D eigenvalue weighted by atomic mass is 16.3. The van der Waals surface area contributed by atoms with Crippen LogP contribution >= 0.6 is 0 Å². The molecule has 0 aliphatic heterocycles. The van der Waals surface area contributed by atoms with Crippen molar-refractivity contribution in [3.63, 3.8) is 0 Å². The van der Waals surface area contributed by atoms with Gasteiger partial charge in [-0.3, -0.25) is 32.5 Å². The molecule has 10 unspecified atom stereocenters. The van der Waals surface area contributed by atoms with Gasteiger partial charge in [0.05, 0.1) is 78.2 Å². The number of hydrogen-bond acceptors (Lipinski definition) is 13. The molecule has 0 saturated carbocycles.